The van der Waals surface area contributed by atoms with Crippen LogP contribution in [0.4, 0.5) is 0 Å². The highest BCUT2D eigenvalue weighted by Gasteiger charge is 2.24. The number of hydrogen-bond donors (Lipinski definition) is 0. The van der Waals surface area contributed by atoms with Crippen molar-refractivity contribution in [3.05, 3.63) is 188 Å². The van der Waals surface area contributed by atoms with E-state index in [1.807, 2.05) is 35.6 Å². The summed E-state index contributed by atoms with van der Waals surface area (Å²) in [6.45, 7) is 0. The van der Waals surface area contributed by atoms with Gasteiger partial charge >= 0.3 is 0 Å². The third-order valence-electron chi connectivity index (χ3n) is 11.2. The van der Waals surface area contributed by atoms with Gasteiger partial charge < -0.3 is 9.13 Å². The molecule has 4 heterocycles. The SMILES string of the molecule is c1ccc(-c2nnc(-c3cccc4c5ccccc5n(-c5cccc(-n6c7ccccc7c7c8sc9ccccc9c8ccc76)c5)c34)n2-c2ccccc2)cc1. The Balaban J connectivity index is 1.13. The second-order valence-electron chi connectivity index (χ2n) is 14.2. The van der Waals surface area contributed by atoms with Crippen molar-refractivity contribution in [1.82, 2.24) is 23.9 Å². The second-order valence-corrected chi connectivity index (χ2v) is 15.3. The molecule has 8 aromatic carbocycles. The first-order valence-electron chi connectivity index (χ1n) is 18.8. The molecule has 0 saturated carbocycles. The maximum Gasteiger partial charge on any atom is 0.171 e. The van der Waals surface area contributed by atoms with Crippen LogP contribution in [0.15, 0.2) is 188 Å². The zero-order valence-electron chi connectivity index (χ0n) is 30.0. The van der Waals surface area contributed by atoms with Crippen molar-refractivity contribution in [2.24, 2.45) is 0 Å². The van der Waals surface area contributed by atoms with Crippen LogP contribution in [0.5, 0.6) is 0 Å². The van der Waals surface area contributed by atoms with Crippen molar-refractivity contribution in [2.45, 2.75) is 0 Å². The Morgan fingerprint density at radius 2 is 0.982 bits per heavy atom. The van der Waals surface area contributed by atoms with Crippen LogP contribution in [0, 0.1) is 0 Å². The maximum absolute atomic E-state index is 4.96. The van der Waals surface area contributed by atoms with Gasteiger partial charge in [-0.15, -0.1) is 21.5 Å². The quantitative estimate of drug-likeness (QED) is 0.177. The van der Waals surface area contributed by atoms with E-state index in [0.717, 1.165) is 56.3 Å². The number of hydrogen-bond acceptors (Lipinski definition) is 3. The summed E-state index contributed by atoms with van der Waals surface area (Å²) >= 11 is 1.89. The molecule has 0 atom stereocenters. The van der Waals surface area contributed by atoms with Crippen LogP contribution in [-0.2, 0) is 0 Å². The van der Waals surface area contributed by atoms with Crippen LogP contribution in [0.3, 0.4) is 0 Å². The van der Waals surface area contributed by atoms with Gasteiger partial charge in [-0.2, -0.15) is 0 Å². The molecule has 0 aliphatic carbocycles. The van der Waals surface area contributed by atoms with Crippen molar-refractivity contribution in [3.63, 3.8) is 0 Å². The average Bonchev–Trinajstić information content (AvgIpc) is 4.04. The molecule has 5 nitrogen and oxygen atoms in total. The van der Waals surface area contributed by atoms with E-state index < -0.39 is 0 Å². The summed E-state index contributed by atoms with van der Waals surface area (Å²) in [6, 6.07) is 67.2. The first-order valence-corrected chi connectivity index (χ1v) is 19.7. The van der Waals surface area contributed by atoms with Crippen molar-refractivity contribution >= 4 is 75.1 Å². The largest absolute Gasteiger partial charge is 0.309 e. The monoisotopic (exact) mass is 733 g/mol. The van der Waals surface area contributed by atoms with Crippen LogP contribution in [0.25, 0.3) is 104 Å². The van der Waals surface area contributed by atoms with Crippen LogP contribution in [0.1, 0.15) is 0 Å². The lowest BCUT2D eigenvalue weighted by atomic mass is 10.1. The van der Waals surface area contributed by atoms with Gasteiger partial charge in [-0.1, -0.05) is 127 Å². The third-order valence-corrected chi connectivity index (χ3v) is 12.4. The molecule has 0 aliphatic rings. The van der Waals surface area contributed by atoms with Crippen LogP contribution in [-0.4, -0.2) is 23.9 Å². The second kappa shape index (κ2) is 12.1. The molecule has 0 bridgehead atoms. The van der Waals surface area contributed by atoms with E-state index in [1.54, 1.807) is 0 Å². The standard InChI is InChI=1S/C50H31N5S/c1-3-15-32(16-4-1)49-51-52-50(55(49)33-17-5-2-6-18-33)41-25-14-24-38-36-21-7-10-26-42(36)54(47(38)41)35-20-13-19-34(31-35)53-43-27-11-8-23-40(43)46-44(53)30-29-39-37-22-9-12-28-45(37)56-48(39)46/h1-31H. The molecule has 12 aromatic rings. The van der Waals surface area contributed by atoms with Gasteiger partial charge in [0.2, 0.25) is 0 Å². The summed E-state index contributed by atoms with van der Waals surface area (Å²) in [5.41, 5.74) is 9.82. The maximum atomic E-state index is 4.96. The normalized spacial score (nSPS) is 11.9. The zero-order chi connectivity index (χ0) is 36.7. The lowest BCUT2D eigenvalue weighted by molar-refractivity contribution is 1.07. The van der Waals surface area contributed by atoms with Gasteiger partial charge in [0.05, 0.1) is 22.1 Å². The molecule has 0 fully saturated rings. The zero-order valence-corrected chi connectivity index (χ0v) is 30.9. The molecule has 262 valence electrons. The Labute approximate surface area is 325 Å². The smallest absolute Gasteiger partial charge is 0.171 e. The van der Waals surface area contributed by atoms with Gasteiger partial charge in [-0.25, -0.2) is 0 Å². The van der Waals surface area contributed by atoms with Crippen molar-refractivity contribution in [2.75, 3.05) is 0 Å². The number of rotatable bonds is 5. The summed E-state index contributed by atoms with van der Waals surface area (Å²) in [6.07, 6.45) is 0. The highest BCUT2D eigenvalue weighted by atomic mass is 32.1. The van der Waals surface area contributed by atoms with E-state index in [9.17, 15) is 0 Å². The molecule has 0 radical (unpaired) electrons. The minimum absolute atomic E-state index is 0.788. The molecule has 0 N–H and O–H groups in total. The van der Waals surface area contributed by atoms with Crippen LogP contribution < -0.4 is 0 Å². The highest BCUT2D eigenvalue weighted by molar-refractivity contribution is 7.26. The van der Waals surface area contributed by atoms with E-state index in [1.165, 1.54) is 47.4 Å². The number of aromatic nitrogens is 5. The van der Waals surface area contributed by atoms with Crippen LogP contribution in [0.2, 0.25) is 0 Å². The lowest BCUT2D eigenvalue weighted by Gasteiger charge is -2.15. The predicted molar refractivity (Wildman–Crippen MR) is 234 cm³/mol. The Morgan fingerprint density at radius 3 is 1.80 bits per heavy atom. The van der Waals surface area contributed by atoms with Gasteiger partial charge in [0.15, 0.2) is 11.6 Å². The molecular weight excluding hydrogens is 703 g/mol. The fraction of sp³-hybridized carbons (Fsp3) is 0. The number of nitrogens with zero attached hydrogens (tertiary/aromatic N) is 5. The molecule has 0 aliphatic heterocycles. The summed E-state index contributed by atoms with van der Waals surface area (Å²) in [7, 11) is 0. The average molecular weight is 734 g/mol. The van der Waals surface area contributed by atoms with Gasteiger partial charge in [0, 0.05) is 69.9 Å². The fourth-order valence-corrected chi connectivity index (χ4v) is 10.1. The topological polar surface area (TPSA) is 40.6 Å². The van der Waals surface area contributed by atoms with E-state index in [2.05, 4.69) is 177 Å². The lowest BCUT2D eigenvalue weighted by Crippen LogP contribution is -2.02. The van der Waals surface area contributed by atoms with Crippen LogP contribution >= 0.6 is 11.3 Å². The molecule has 0 saturated heterocycles. The Morgan fingerprint density at radius 1 is 0.375 bits per heavy atom. The number of para-hydroxylation sites is 4. The van der Waals surface area contributed by atoms with E-state index >= 15 is 0 Å². The van der Waals surface area contributed by atoms with Gasteiger partial charge in [-0.3, -0.25) is 4.57 Å². The predicted octanol–water partition coefficient (Wildman–Crippen LogP) is 13.2. The first-order chi connectivity index (χ1) is 27.8. The molecule has 6 heteroatoms. The van der Waals surface area contributed by atoms with Gasteiger partial charge in [0.1, 0.15) is 0 Å². The molecule has 4 aromatic heterocycles. The Hall–Kier alpha value is -7.28. The van der Waals surface area contributed by atoms with E-state index in [0.29, 0.717) is 0 Å². The number of fused-ring (bicyclic) bond motifs is 10. The molecular formula is C50H31N5S. The number of thiophene rings is 1. The van der Waals surface area contributed by atoms with Gasteiger partial charge in [-0.05, 0) is 60.7 Å². The van der Waals surface area contributed by atoms with Crippen molar-refractivity contribution in [3.8, 4) is 39.8 Å². The van der Waals surface area contributed by atoms with E-state index in [-0.39, 0.29) is 0 Å². The Bertz CT molecular complexity index is 3480. The molecule has 0 unspecified atom stereocenters. The Kier molecular flexibility index (Phi) is 6.73. The molecule has 0 spiro atoms. The minimum Gasteiger partial charge on any atom is -0.309 e. The summed E-state index contributed by atoms with van der Waals surface area (Å²) in [5, 5.41) is 17.3. The van der Waals surface area contributed by atoms with E-state index in [4.69, 9.17) is 10.2 Å². The third kappa shape index (κ3) is 4.48. The molecule has 56 heavy (non-hydrogen) atoms. The highest BCUT2D eigenvalue weighted by Crippen LogP contribution is 2.44. The van der Waals surface area contributed by atoms with Crippen molar-refractivity contribution < 1.29 is 0 Å². The van der Waals surface area contributed by atoms with Crippen molar-refractivity contribution in [1.29, 1.82) is 0 Å². The fourth-order valence-electron chi connectivity index (χ4n) is 8.81. The first kappa shape index (κ1) is 31.1. The summed E-state index contributed by atoms with van der Waals surface area (Å²) in [5.74, 6) is 1.59. The summed E-state index contributed by atoms with van der Waals surface area (Å²) < 4.78 is 9.68. The van der Waals surface area contributed by atoms with Gasteiger partial charge in [0.25, 0.3) is 0 Å². The summed E-state index contributed by atoms with van der Waals surface area (Å²) in [4.78, 5) is 0. The minimum atomic E-state index is 0.788. The molecule has 0 amide bonds. The molecule has 12 rings (SSSR count). The number of benzene rings is 8.